The van der Waals surface area contributed by atoms with Crippen LogP contribution in [0.1, 0.15) is 40.5 Å². The van der Waals surface area contributed by atoms with Crippen molar-refractivity contribution in [1.29, 1.82) is 0 Å². The van der Waals surface area contributed by atoms with Crippen LogP contribution < -0.4 is 5.32 Å². The summed E-state index contributed by atoms with van der Waals surface area (Å²) in [6.07, 6.45) is 2.07. The highest BCUT2D eigenvalue weighted by atomic mass is 79.9. The maximum Gasteiger partial charge on any atom is 0.339 e. The van der Waals surface area contributed by atoms with Gasteiger partial charge in [0.1, 0.15) is 0 Å². The van der Waals surface area contributed by atoms with Crippen molar-refractivity contribution in [3.63, 3.8) is 0 Å². The lowest BCUT2D eigenvalue weighted by Crippen LogP contribution is -2.21. The molecule has 0 spiro atoms. The second-order valence-electron chi connectivity index (χ2n) is 6.45. The molecule has 2 aromatic heterocycles. The highest BCUT2D eigenvalue weighted by molar-refractivity contribution is 9.10. The van der Waals surface area contributed by atoms with Crippen molar-refractivity contribution in [2.45, 2.75) is 25.7 Å². The molecule has 1 amide bonds. The highest BCUT2D eigenvalue weighted by Gasteiger charge is 2.29. The lowest BCUT2D eigenvalue weighted by atomic mass is 10.1. The predicted octanol–water partition coefficient (Wildman–Crippen LogP) is 3.97. The van der Waals surface area contributed by atoms with Crippen molar-refractivity contribution < 1.29 is 18.8 Å². The van der Waals surface area contributed by atoms with Gasteiger partial charge in [-0.25, -0.2) is 9.78 Å². The van der Waals surface area contributed by atoms with E-state index in [2.05, 4.69) is 31.4 Å². The first-order valence-electron chi connectivity index (χ1n) is 8.50. The van der Waals surface area contributed by atoms with E-state index in [4.69, 9.17) is 9.26 Å². The third-order valence-electron chi connectivity index (χ3n) is 4.30. The molecule has 1 aliphatic rings. The number of pyridine rings is 1. The Balaban J connectivity index is 1.49. The van der Waals surface area contributed by atoms with E-state index in [1.807, 2.05) is 6.07 Å². The fourth-order valence-corrected chi connectivity index (χ4v) is 3.23. The second-order valence-corrected chi connectivity index (χ2v) is 7.37. The summed E-state index contributed by atoms with van der Waals surface area (Å²) in [5, 5.41) is 7.10. The summed E-state index contributed by atoms with van der Waals surface area (Å²) >= 11 is 3.34. The van der Waals surface area contributed by atoms with Crippen LogP contribution in [-0.2, 0) is 9.53 Å². The number of fused-ring (bicyclic) bond motifs is 1. The number of amides is 1. The number of aryl methyl sites for hydroxylation is 1. The van der Waals surface area contributed by atoms with Gasteiger partial charge in [0.25, 0.3) is 11.6 Å². The van der Waals surface area contributed by atoms with Crippen LogP contribution in [0.3, 0.4) is 0 Å². The maximum atomic E-state index is 12.6. The zero-order valence-corrected chi connectivity index (χ0v) is 16.1. The van der Waals surface area contributed by atoms with Gasteiger partial charge in [0.2, 0.25) is 0 Å². The first kappa shape index (κ1) is 17.7. The van der Waals surface area contributed by atoms with Gasteiger partial charge in [-0.15, -0.1) is 0 Å². The molecule has 0 aliphatic heterocycles. The molecule has 27 heavy (non-hydrogen) atoms. The molecule has 1 fully saturated rings. The normalized spacial score (nSPS) is 13.6. The summed E-state index contributed by atoms with van der Waals surface area (Å²) < 4.78 is 11.3. The Kier molecular flexibility index (Phi) is 4.65. The van der Waals surface area contributed by atoms with E-state index < -0.39 is 18.5 Å². The van der Waals surface area contributed by atoms with E-state index in [1.54, 1.807) is 31.2 Å². The summed E-state index contributed by atoms with van der Waals surface area (Å²) in [7, 11) is 0. The van der Waals surface area contributed by atoms with Crippen molar-refractivity contribution in [2.75, 3.05) is 11.9 Å². The summed E-state index contributed by atoms with van der Waals surface area (Å²) in [5.41, 5.74) is 2.62. The van der Waals surface area contributed by atoms with Crippen LogP contribution in [0.15, 0.2) is 39.3 Å². The molecular formula is C19H16BrN3O4. The average molecular weight is 430 g/mol. The van der Waals surface area contributed by atoms with E-state index in [0.717, 1.165) is 23.0 Å². The number of nitrogens with one attached hydrogen (secondary N) is 1. The van der Waals surface area contributed by atoms with Crippen molar-refractivity contribution >= 4 is 44.6 Å². The van der Waals surface area contributed by atoms with E-state index >= 15 is 0 Å². The van der Waals surface area contributed by atoms with Crippen LogP contribution in [0.25, 0.3) is 11.1 Å². The highest BCUT2D eigenvalue weighted by Crippen LogP contribution is 2.40. The average Bonchev–Trinajstić information content (AvgIpc) is 3.43. The molecule has 1 aliphatic carbocycles. The van der Waals surface area contributed by atoms with Crippen LogP contribution in [0.4, 0.5) is 5.69 Å². The third kappa shape index (κ3) is 3.85. The third-order valence-corrected chi connectivity index (χ3v) is 4.79. The van der Waals surface area contributed by atoms with E-state index in [1.165, 1.54) is 0 Å². The Labute approximate surface area is 163 Å². The number of anilines is 1. The molecule has 138 valence electrons. The number of aromatic nitrogens is 2. The standard InChI is InChI=1S/C19H16BrN3O4/c1-10-17-14(8-15(11-5-6-11)22-18(17)27-23-10)19(25)26-9-16(24)21-13-4-2-3-12(20)7-13/h2-4,7-8,11H,5-6,9H2,1H3,(H,21,24). The van der Waals surface area contributed by atoms with Gasteiger partial charge in [-0.1, -0.05) is 27.2 Å². The molecule has 2 heterocycles. The number of esters is 1. The quantitative estimate of drug-likeness (QED) is 0.616. The molecule has 3 aromatic rings. The number of benzene rings is 1. The zero-order chi connectivity index (χ0) is 19.0. The first-order valence-corrected chi connectivity index (χ1v) is 9.30. The molecule has 4 rings (SSSR count). The second kappa shape index (κ2) is 7.11. The molecule has 7 nitrogen and oxygen atoms in total. The largest absolute Gasteiger partial charge is 0.452 e. The minimum Gasteiger partial charge on any atom is -0.452 e. The van der Waals surface area contributed by atoms with Gasteiger partial charge in [0.05, 0.1) is 16.6 Å². The Bertz CT molecular complexity index is 1040. The van der Waals surface area contributed by atoms with Crippen molar-refractivity contribution in [3.05, 3.63) is 51.8 Å². The van der Waals surface area contributed by atoms with E-state index in [9.17, 15) is 9.59 Å². The molecule has 0 atom stereocenters. The molecule has 1 saturated carbocycles. The Hall–Kier alpha value is -2.74. The van der Waals surface area contributed by atoms with Crippen molar-refractivity contribution in [1.82, 2.24) is 10.1 Å². The van der Waals surface area contributed by atoms with Crippen LogP contribution in [0.5, 0.6) is 0 Å². The van der Waals surface area contributed by atoms with Gasteiger partial charge >= 0.3 is 5.97 Å². The monoisotopic (exact) mass is 429 g/mol. The number of ether oxygens (including phenoxy) is 1. The van der Waals surface area contributed by atoms with Crippen LogP contribution in [0, 0.1) is 6.92 Å². The number of rotatable bonds is 5. The van der Waals surface area contributed by atoms with Gasteiger partial charge in [0, 0.05) is 21.8 Å². The van der Waals surface area contributed by atoms with Crippen LogP contribution in [0.2, 0.25) is 0 Å². The molecule has 0 unspecified atom stereocenters. The van der Waals surface area contributed by atoms with Gasteiger partial charge in [-0.2, -0.15) is 0 Å². The van der Waals surface area contributed by atoms with Crippen LogP contribution in [-0.4, -0.2) is 28.6 Å². The molecule has 0 saturated heterocycles. The maximum absolute atomic E-state index is 12.6. The minimum absolute atomic E-state index is 0.322. The minimum atomic E-state index is -0.597. The van der Waals surface area contributed by atoms with E-state index in [-0.39, 0.29) is 0 Å². The number of nitrogens with zero attached hydrogens (tertiary/aromatic N) is 2. The van der Waals surface area contributed by atoms with Crippen molar-refractivity contribution in [2.24, 2.45) is 0 Å². The summed E-state index contributed by atoms with van der Waals surface area (Å²) in [5.74, 6) is -0.678. The lowest BCUT2D eigenvalue weighted by Gasteiger charge is -2.08. The Morgan fingerprint density at radius 3 is 2.89 bits per heavy atom. The summed E-state index contributed by atoms with van der Waals surface area (Å²) in [6, 6.07) is 8.88. The van der Waals surface area contributed by atoms with Gasteiger partial charge in [-0.05, 0) is 44.0 Å². The Morgan fingerprint density at radius 2 is 2.15 bits per heavy atom. The SMILES string of the molecule is Cc1noc2nc(C3CC3)cc(C(=O)OCC(=O)Nc3cccc(Br)c3)c12. The molecule has 8 heteroatoms. The number of halogens is 1. The summed E-state index contributed by atoms with van der Waals surface area (Å²) in [4.78, 5) is 29.1. The van der Waals surface area contributed by atoms with Gasteiger partial charge in [-0.3, -0.25) is 4.79 Å². The molecule has 0 radical (unpaired) electrons. The smallest absolute Gasteiger partial charge is 0.339 e. The number of carbonyl (C=O) groups is 2. The fourth-order valence-electron chi connectivity index (χ4n) is 2.84. The molecular weight excluding hydrogens is 414 g/mol. The summed E-state index contributed by atoms with van der Waals surface area (Å²) in [6.45, 7) is 1.35. The molecule has 1 aromatic carbocycles. The fraction of sp³-hybridized carbons (Fsp3) is 0.263. The first-order chi connectivity index (χ1) is 13.0. The zero-order valence-electron chi connectivity index (χ0n) is 14.5. The lowest BCUT2D eigenvalue weighted by molar-refractivity contribution is -0.119. The molecule has 0 bridgehead atoms. The Morgan fingerprint density at radius 1 is 1.33 bits per heavy atom. The van der Waals surface area contributed by atoms with Crippen LogP contribution >= 0.6 is 15.9 Å². The molecule has 1 N–H and O–H groups in total. The van der Waals surface area contributed by atoms with E-state index in [0.29, 0.717) is 34.0 Å². The predicted molar refractivity (Wildman–Crippen MR) is 102 cm³/mol. The number of hydrogen-bond acceptors (Lipinski definition) is 6. The number of hydrogen-bond donors (Lipinski definition) is 1. The number of carbonyl (C=O) groups excluding carboxylic acids is 2. The van der Waals surface area contributed by atoms with Gasteiger partial charge in [0.15, 0.2) is 6.61 Å². The van der Waals surface area contributed by atoms with Crippen molar-refractivity contribution in [3.8, 4) is 0 Å². The van der Waals surface area contributed by atoms with Gasteiger partial charge < -0.3 is 14.6 Å². The topological polar surface area (TPSA) is 94.3 Å².